The van der Waals surface area contributed by atoms with E-state index in [2.05, 4.69) is 0 Å². The van der Waals surface area contributed by atoms with Crippen molar-refractivity contribution < 1.29 is 13.9 Å². The molecule has 0 atom stereocenters. The molecule has 2 nitrogen and oxygen atoms in total. The van der Waals surface area contributed by atoms with Crippen molar-refractivity contribution in [1.82, 2.24) is 0 Å². The van der Waals surface area contributed by atoms with Crippen molar-refractivity contribution in [2.45, 2.75) is 31.8 Å². The van der Waals surface area contributed by atoms with Crippen molar-refractivity contribution in [3.63, 3.8) is 0 Å². The first kappa shape index (κ1) is 10.1. The van der Waals surface area contributed by atoms with E-state index in [0.717, 1.165) is 25.7 Å². The van der Waals surface area contributed by atoms with E-state index in [-0.39, 0.29) is 11.7 Å². The van der Waals surface area contributed by atoms with Gasteiger partial charge in [0.2, 0.25) is 0 Å². The fourth-order valence-electron chi connectivity index (χ4n) is 1.85. The second-order valence-electron chi connectivity index (χ2n) is 3.79. The largest absolute Gasteiger partial charge is 0.459 e. The Bertz CT molecular complexity index is 356. The molecule has 80 valence electrons. The van der Waals surface area contributed by atoms with Gasteiger partial charge in [-0.15, -0.1) is 0 Å². The number of esters is 1. The summed E-state index contributed by atoms with van der Waals surface area (Å²) in [6.45, 7) is 0. The Kier molecular flexibility index (Phi) is 2.99. The third-order valence-electron chi connectivity index (χ3n) is 2.67. The van der Waals surface area contributed by atoms with Crippen molar-refractivity contribution in [2.24, 2.45) is 0 Å². The van der Waals surface area contributed by atoms with E-state index in [0.29, 0.717) is 0 Å². The molecule has 0 N–H and O–H groups in total. The van der Waals surface area contributed by atoms with Crippen LogP contribution in [-0.2, 0) is 4.74 Å². The lowest BCUT2D eigenvalue weighted by Gasteiger charge is -2.11. The zero-order valence-corrected chi connectivity index (χ0v) is 8.41. The summed E-state index contributed by atoms with van der Waals surface area (Å²) < 4.78 is 18.4. The lowest BCUT2D eigenvalue weighted by atomic mass is 10.2. The Morgan fingerprint density at radius 1 is 1.27 bits per heavy atom. The number of benzene rings is 1. The molecular weight excluding hydrogens is 195 g/mol. The highest BCUT2D eigenvalue weighted by atomic mass is 19.1. The van der Waals surface area contributed by atoms with Gasteiger partial charge >= 0.3 is 5.97 Å². The minimum Gasteiger partial charge on any atom is -0.459 e. The number of hydrogen-bond acceptors (Lipinski definition) is 2. The maximum Gasteiger partial charge on any atom is 0.341 e. The molecule has 1 aliphatic rings. The molecular formula is C12H13FO2. The van der Waals surface area contributed by atoms with E-state index >= 15 is 0 Å². The Balaban J connectivity index is 2.04. The summed E-state index contributed by atoms with van der Waals surface area (Å²) >= 11 is 0. The highest BCUT2D eigenvalue weighted by Gasteiger charge is 2.21. The van der Waals surface area contributed by atoms with Crippen molar-refractivity contribution in [3.05, 3.63) is 35.6 Å². The molecule has 0 aromatic heterocycles. The van der Waals surface area contributed by atoms with Gasteiger partial charge in [0.25, 0.3) is 0 Å². The normalized spacial score (nSPS) is 16.6. The van der Waals surface area contributed by atoms with Gasteiger partial charge in [0.1, 0.15) is 11.9 Å². The van der Waals surface area contributed by atoms with E-state index in [1.165, 1.54) is 12.1 Å². The molecule has 0 bridgehead atoms. The molecule has 2 rings (SSSR count). The molecule has 0 heterocycles. The van der Waals surface area contributed by atoms with Gasteiger partial charge in [-0.25, -0.2) is 9.18 Å². The first-order valence-electron chi connectivity index (χ1n) is 5.23. The van der Waals surface area contributed by atoms with Gasteiger partial charge in [0.15, 0.2) is 0 Å². The van der Waals surface area contributed by atoms with Crippen LogP contribution in [0, 0.1) is 5.82 Å². The SMILES string of the molecule is O=C(OC1CCCC1)c1ccccc1F. The summed E-state index contributed by atoms with van der Waals surface area (Å²) in [7, 11) is 0. The third kappa shape index (κ3) is 2.35. The molecule has 1 fully saturated rings. The van der Waals surface area contributed by atoms with E-state index in [4.69, 9.17) is 4.74 Å². The molecule has 0 amide bonds. The Hall–Kier alpha value is -1.38. The van der Waals surface area contributed by atoms with Crippen molar-refractivity contribution in [2.75, 3.05) is 0 Å². The van der Waals surface area contributed by atoms with Gasteiger partial charge in [-0.05, 0) is 37.8 Å². The van der Waals surface area contributed by atoms with Crippen LogP contribution in [0.3, 0.4) is 0 Å². The summed E-state index contributed by atoms with van der Waals surface area (Å²) in [5.74, 6) is -1.06. The third-order valence-corrected chi connectivity index (χ3v) is 2.67. The molecule has 1 aromatic rings. The van der Waals surface area contributed by atoms with Crippen LogP contribution in [0.5, 0.6) is 0 Å². The number of carbonyl (C=O) groups excluding carboxylic acids is 1. The molecule has 3 heteroatoms. The topological polar surface area (TPSA) is 26.3 Å². The molecule has 1 aromatic carbocycles. The summed E-state index contributed by atoms with van der Waals surface area (Å²) in [5, 5.41) is 0. The fourth-order valence-corrected chi connectivity index (χ4v) is 1.85. The number of halogens is 1. The first-order chi connectivity index (χ1) is 7.27. The zero-order valence-electron chi connectivity index (χ0n) is 8.41. The van der Waals surface area contributed by atoms with Crippen LogP contribution < -0.4 is 0 Å². The predicted octanol–water partition coefficient (Wildman–Crippen LogP) is 2.93. The molecule has 0 unspecified atom stereocenters. The molecule has 1 saturated carbocycles. The molecule has 0 radical (unpaired) electrons. The van der Waals surface area contributed by atoms with Crippen LogP contribution >= 0.6 is 0 Å². The molecule has 0 aliphatic heterocycles. The van der Waals surface area contributed by atoms with Gasteiger partial charge < -0.3 is 4.74 Å². The van der Waals surface area contributed by atoms with Crippen molar-refractivity contribution >= 4 is 5.97 Å². The lowest BCUT2D eigenvalue weighted by Crippen LogP contribution is -2.15. The quantitative estimate of drug-likeness (QED) is 0.698. The minimum atomic E-state index is -0.542. The van der Waals surface area contributed by atoms with E-state index < -0.39 is 11.8 Å². The van der Waals surface area contributed by atoms with Crippen molar-refractivity contribution in [1.29, 1.82) is 0 Å². The van der Waals surface area contributed by atoms with Gasteiger partial charge in [0, 0.05) is 0 Å². The van der Waals surface area contributed by atoms with Gasteiger partial charge in [-0.2, -0.15) is 0 Å². The summed E-state index contributed by atoms with van der Waals surface area (Å²) in [6, 6.07) is 5.91. The van der Waals surface area contributed by atoms with Crippen molar-refractivity contribution in [3.8, 4) is 0 Å². The molecule has 1 aliphatic carbocycles. The van der Waals surface area contributed by atoms with E-state index in [1.807, 2.05) is 0 Å². The maximum atomic E-state index is 13.2. The fraction of sp³-hybridized carbons (Fsp3) is 0.417. The van der Waals surface area contributed by atoms with Crippen LogP contribution in [0.4, 0.5) is 4.39 Å². The zero-order chi connectivity index (χ0) is 10.7. The van der Waals surface area contributed by atoms with Gasteiger partial charge in [-0.3, -0.25) is 0 Å². The Morgan fingerprint density at radius 3 is 2.60 bits per heavy atom. The van der Waals surface area contributed by atoms with Gasteiger partial charge in [-0.1, -0.05) is 12.1 Å². The van der Waals surface area contributed by atoms with Crippen LogP contribution in [0.25, 0.3) is 0 Å². The predicted molar refractivity (Wildman–Crippen MR) is 54.1 cm³/mol. The van der Waals surface area contributed by atoms with E-state index in [1.54, 1.807) is 12.1 Å². The van der Waals surface area contributed by atoms with E-state index in [9.17, 15) is 9.18 Å². The number of carbonyl (C=O) groups is 1. The maximum absolute atomic E-state index is 13.2. The standard InChI is InChI=1S/C12H13FO2/c13-11-8-4-3-7-10(11)12(14)15-9-5-1-2-6-9/h3-4,7-9H,1-2,5-6H2. The average Bonchev–Trinajstić information content (AvgIpc) is 2.71. The van der Waals surface area contributed by atoms with Crippen LogP contribution in [0.15, 0.2) is 24.3 Å². The number of ether oxygens (including phenoxy) is 1. The first-order valence-corrected chi connectivity index (χ1v) is 5.23. The lowest BCUT2D eigenvalue weighted by molar-refractivity contribution is 0.0312. The van der Waals surface area contributed by atoms with Gasteiger partial charge in [0.05, 0.1) is 5.56 Å². The van der Waals surface area contributed by atoms with Crippen LogP contribution in [-0.4, -0.2) is 12.1 Å². The summed E-state index contributed by atoms with van der Waals surface area (Å²) in [6.07, 6.45) is 3.97. The Labute approximate surface area is 88.1 Å². The molecule has 0 saturated heterocycles. The highest BCUT2D eigenvalue weighted by Crippen LogP contribution is 2.22. The van der Waals surface area contributed by atoms with Crippen LogP contribution in [0.1, 0.15) is 36.0 Å². The highest BCUT2D eigenvalue weighted by molar-refractivity contribution is 5.89. The smallest absolute Gasteiger partial charge is 0.341 e. The molecule has 15 heavy (non-hydrogen) atoms. The minimum absolute atomic E-state index is 0.0166. The summed E-state index contributed by atoms with van der Waals surface area (Å²) in [4.78, 5) is 11.6. The second kappa shape index (κ2) is 4.43. The number of hydrogen-bond donors (Lipinski definition) is 0. The Morgan fingerprint density at radius 2 is 1.93 bits per heavy atom. The molecule has 0 spiro atoms. The summed E-state index contributed by atoms with van der Waals surface area (Å²) in [5.41, 5.74) is 0.0319. The average molecular weight is 208 g/mol. The second-order valence-corrected chi connectivity index (χ2v) is 3.79. The monoisotopic (exact) mass is 208 g/mol. The van der Waals surface area contributed by atoms with Crippen LogP contribution in [0.2, 0.25) is 0 Å². The number of rotatable bonds is 2.